The van der Waals surface area contributed by atoms with Crippen LogP contribution in [-0.2, 0) is 4.79 Å². The van der Waals surface area contributed by atoms with Gasteiger partial charge >= 0.3 is 0 Å². The maximum atomic E-state index is 12.1. The zero-order chi connectivity index (χ0) is 17.8. The molecule has 1 heterocycles. The van der Waals surface area contributed by atoms with Gasteiger partial charge in [0.15, 0.2) is 5.13 Å². The summed E-state index contributed by atoms with van der Waals surface area (Å²) in [5, 5.41) is 5.92. The molecule has 0 aliphatic carbocycles. The number of thiazole rings is 1. The van der Waals surface area contributed by atoms with E-state index in [9.17, 15) is 9.59 Å². The highest BCUT2D eigenvalue weighted by molar-refractivity contribution is 7.22. The molecular weight excluding hydrogens is 334 g/mol. The Balaban J connectivity index is 1.66. The molecule has 0 fully saturated rings. The summed E-state index contributed by atoms with van der Waals surface area (Å²) in [6.07, 6.45) is 3.15. The molecule has 2 aromatic carbocycles. The number of nitrogens with zero attached hydrogens (tertiary/aromatic N) is 1. The summed E-state index contributed by atoms with van der Waals surface area (Å²) in [6, 6.07) is 13.0. The van der Waals surface area contributed by atoms with Crippen molar-refractivity contribution in [1.82, 2.24) is 10.3 Å². The van der Waals surface area contributed by atoms with Crippen molar-refractivity contribution in [3.8, 4) is 0 Å². The lowest BCUT2D eigenvalue weighted by Crippen LogP contribution is -2.17. The molecule has 0 aliphatic rings. The predicted octanol–water partition coefficient (Wildman–Crippen LogP) is 3.62. The second kappa shape index (κ2) is 7.27. The molecule has 2 N–H and O–H groups in total. The average molecular weight is 351 g/mol. The first-order valence-corrected chi connectivity index (χ1v) is 8.55. The smallest absolute Gasteiger partial charge is 0.251 e. The van der Waals surface area contributed by atoms with Crippen LogP contribution in [0, 0.1) is 6.92 Å². The number of benzene rings is 2. The van der Waals surface area contributed by atoms with Gasteiger partial charge in [0, 0.05) is 18.7 Å². The van der Waals surface area contributed by atoms with Crippen molar-refractivity contribution < 1.29 is 9.59 Å². The Kier molecular flexibility index (Phi) is 4.90. The zero-order valence-electron chi connectivity index (χ0n) is 13.9. The second-order valence-electron chi connectivity index (χ2n) is 5.51. The van der Waals surface area contributed by atoms with Crippen LogP contribution in [0.3, 0.4) is 0 Å². The Morgan fingerprint density at radius 2 is 1.88 bits per heavy atom. The van der Waals surface area contributed by atoms with Gasteiger partial charge in [-0.1, -0.05) is 29.5 Å². The number of hydrogen-bond donors (Lipinski definition) is 2. The summed E-state index contributed by atoms with van der Waals surface area (Å²) < 4.78 is 1.05. The molecule has 6 heteroatoms. The van der Waals surface area contributed by atoms with Gasteiger partial charge in [-0.3, -0.25) is 14.9 Å². The van der Waals surface area contributed by atoms with E-state index in [1.165, 1.54) is 17.4 Å². The van der Waals surface area contributed by atoms with Gasteiger partial charge in [-0.25, -0.2) is 4.98 Å². The molecule has 0 spiro atoms. The number of aryl methyl sites for hydroxylation is 1. The normalized spacial score (nSPS) is 11.0. The van der Waals surface area contributed by atoms with Crippen molar-refractivity contribution in [3.63, 3.8) is 0 Å². The van der Waals surface area contributed by atoms with Crippen LogP contribution >= 0.6 is 11.3 Å². The molecule has 2 amide bonds. The monoisotopic (exact) mass is 351 g/mol. The lowest BCUT2D eigenvalue weighted by Gasteiger charge is -2.00. The van der Waals surface area contributed by atoms with Gasteiger partial charge in [-0.2, -0.15) is 0 Å². The van der Waals surface area contributed by atoms with Crippen LogP contribution in [0.1, 0.15) is 21.5 Å². The van der Waals surface area contributed by atoms with Crippen LogP contribution in [0.5, 0.6) is 0 Å². The van der Waals surface area contributed by atoms with Crippen LogP contribution < -0.4 is 10.6 Å². The minimum absolute atomic E-state index is 0.139. The fraction of sp³-hybridized carbons (Fsp3) is 0.105. The minimum Gasteiger partial charge on any atom is -0.355 e. The van der Waals surface area contributed by atoms with E-state index >= 15 is 0 Å². The number of aromatic nitrogens is 1. The van der Waals surface area contributed by atoms with Gasteiger partial charge in [-0.05, 0) is 48.4 Å². The highest BCUT2D eigenvalue weighted by Gasteiger charge is 2.06. The summed E-state index contributed by atoms with van der Waals surface area (Å²) in [7, 11) is 1.59. The predicted molar refractivity (Wildman–Crippen MR) is 102 cm³/mol. The molecule has 0 unspecified atom stereocenters. The van der Waals surface area contributed by atoms with Crippen molar-refractivity contribution in [1.29, 1.82) is 0 Å². The Labute approximate surface area is 149 Å². The Morgan fingerprint density at radius 1 is 1.12 bits per heavy atom. The van der Waals surface area contributed by atoms with E-state index in [1.54, 1.807) is 37.4 Å². The van der Waals surface area contributed by atoms with Gasteiger partial charge in [-0.15, -0.1) is 0 Å². The molecule has 3 aromatic rings. The van der Waals surface area contributed by atoms with Crippen molar-refractivity contribution in [3.05, 3.63) is 65.2 Å². The molecule has 25 heavy (non-hydrogen) atoms. The number of amides is 2. The summed E-state index contributed by atoms with van der Waals surface area (Å²) in [5.74, 6) is -0.384. The lowest BCUT2D eigenvalue weighted by molar-refractivity contribution is -0.111. The summed E-state index contributed by atoms with van der Waals surface area (Å²) >= 11 is 1.45. The Morgan fingerprint density at radius 3 is 2.60 bits per heavy atom. The summed E-state index contributed by atoms with van der Waals surface area (Å²) in [5.41, 5.74) is 3.45. The third-order valence-electron chi connectivity index (χ3n) is 3.60. The zero-order valence-corrected chi connectivity index (χ0v) is 14.7. The summed E-state index contributed by atoms with van der Waals surface area (Å²) in [4.78, 5) is 27.9. The number of hydrogen-bond acceptors (Lipinski definition) is 4. The number of carbonyl (C=O) groups is 2. The summed E-state index contributed by atoms with van der Waals surface area (Å²) in [6.45, 7) is 2.02. The fourth-order valence-electron chi connectivity index (χ4n) is 2.29. The number of nitrogens with one attached hydrogen (secondary N) is 2. The van der Waals surface area contributed by atoms with Crippen molar-refractivity contribution in [2.45, 2.75) is 6.92 Å². The molecule has 3 rings (SSSR count). The third kappa shape index (κ3) is 4.10. The lowest BCUT2D eigenvalue weighted by atomic mass is 10.1. The van der Waals surface area contributed by atoms with Gasteiger partial charge in [0.2, 0.25) is 5.91 Å². The second-order valence-corrected chi connectivity index (χ2v) is 6.54. The number of fused-ring (bicyclic) bond motifs is 1. The quantitative estimate of drug-likeness (QED) is 0.705. The van der Waals surface area contributed by atoms with Crippen LogP contribution in [-0.4, -0.2) is 23.8 Å². The third-order valence-corrected chi connectivity index (χ3v) is 4.53. The molecule has 0 radical (unpaired) electrons. The topological polar surface area (TPSA) is 71.1 Å². The van der Waals surface area contributed by atoms with Crippen molar-refractivity contribution in [2.24, 2.45) is 0 Å². The molecule has 0 saturated heterocycles. The highest BCUT2D eigenvalue weighted by Crippen LogP contribution is 2.26. The Hall–Kier alpha value is -2.99. The number of rotatable bonds is 4. The SMILES string of the molecule is CNC(=O)c1ccc(/C=C/C(=O)Nc2nc3ccc(C)cc3s2)cc1. The molecule has 0 bridgehead atoms. The molecule has 126 valence electrons. The van der Waals surface area contributed by atoms with E-state index in [2.05, 4.69) is 15.6 Å². The first kappa shape index (κ1) is 16.9. The standard InChI is InChI=1S/C19H17N3O2S/c1-12-3-9-15-16(11-12)25-19(21-15)22-17(23)10-6-13-4-7-14(8-5-13)18(24)20-2/h3-11H,1-2H3,(H,20,24)(H,21,22,23)/b10-6+. The molecular formula is C19H17N3O2S. The minimum atomic E-state index is -0.244. The van der Waals surface area contributed by atoms with Gasteiger partial charge in [0.05, 0.1) is 10.2 Å². The van der Waals surface area contributed by atoms with Crippen molar-refractivity contribution >= 4 is 44.6 Å². The van der Waals surface area contributed by atoms with Gasteiger partial charge in [0.25, 0.3) is 5.91 Å². The largest absolute Gasteiger partial charge is 0.355 e. The first-order chi connectivity index (χ1) is 12.0. The highest BCUT2D eigenvalue weighted by atomic mass is 32.1. The van der Waals surface area contributed by atoms with Gasteiger partial charge in [0.1, 0.15) is 0 Å². The van der Waals surface area contributed by atoms with Crippen LogP contribution in [0.2, 0.25) is 0 Å². The van der Waals surface area contributed by atoms with E-state index < -0.39 is 0 Å². The van der Waals surface area contributed by atoms with E-state index in [1.807, 2.05) is 25.1 Å². The molecule has 0 atom stereocenters. The van der Waals surface area contributed by atoms with Crippen LogP contribution in [0.15, 0.2) is 48.5 Å². The van der Waals surface area contributed by atoms with E-state index in [0.29, 0.717) is 10.7 Å². The van der Waals surface area contributed by atoms with Crippen LogP contribution in [0.4, 0.5) is 5.13 Å². The van der Waals surface area contributed by atoms with E-state index in [4.69, 9.17) is 0 Å². The molecule has 5 nitrogen and oxygen atoms in total. The Bertz CT molecular complexity index is 958. The molecule has 0 saturated carbocycles. The fourth-order valence-corrected chi connectivity index (χ4v) is 3.26. The molecule has 1 aromatic heterocycles. The van der Waals surface area contributed by atoms with E-state index in [-0.39, 0.29) is 11.8 Å². The number of carbonyl (C=O) groups excluding carboxylic acids is 2. The van der Waals surface area contributed by atoms with Crippen LogP contribution in [0.25, 0.3) is 16.3 Å². The van der Waals surface area contributed by atoms with E-state index in [0.717, 1.165) is 21.3 Å². The van der Waals surface area contributed by atoms with Crippen molar-refractivity contribution in [2.75, 3.05) is 12.4 Å². The average Bonchev–Trinajstić information content (AvgIpc) is 3.01. The molecule has 0 aliphatic heterocycles. The maximum Gasteiger partial charge on any atom is 0.251 e. The maximum absolute atomic E-state index is 12.1. The first-order valence-electron chi connectivity index (χ1n) is 7.73. The van der Waals surface area contributed by atoms with Gasteiger partial charge < -0.3 is 5.32 Å². The number of anilines is 1.